The summed E-state index contributed by atoms with van der Waals surface area (Å²) < 4.78 is 9.55. The highest BCUT2D eigenvalue weighted by atomic mass is 35.5. The molecule has 4 atom stereocenters. The first kappa shape index (κ1) is 19.7. The Morgan fingerprint density at radius 3 is 2.28 bits per heavy atom. The first-order valence-corrected chi connectivity index (χ1v) is 8.25. The van der Waals surface area contributed by atoms with Crippen molar-refractivity contribution >= 4 is 40.9 Å². The van der Waals surface area contributed by atoms with Crippen molar-refractivity contribution in [1.29, 1.82) is 0 Å². The summed E-state index contributed by atoms with van der Waals surface area (Å²) in [6.45, 7) is 1.37. The molecule has 0 saturated heterocycles. The Morgan fingerprint density at radius 2 is 1.76 bits per heavy atom. The molecular weight excluding hydrogens is 371 g/mol. The van der Waals surface area contributed by atoms with E-state index in [4.69, 9.17) is 32.7 Å². The van der Waals surface area contributed by atoms with E-state index in [1.165, 1.54) is 26.2 Å². The molecule has 136 valence electrons. The second kappa shape index (κ2) is 7.32. The van der Waals surface area contributed by atoms with Gasteiger partial charge in [0.15, 0.2) is 5.78 Å². The number of hydrogen-bond donors (Lipinski definition) is 1. The fourth-order valence-corrected chi connectivity index (χ4v) is 3.70. The molecule has 2 rings (SSSR count). The maximum absolute atomic E-state index is 12.5. The van der Waals surface area contributed by atoms with Crippen molar-refractivity contribution in [3.63, 3.8) is 0 Å². The molecule has 0 spiro atoms. The number of ketones is 1. The lowest BCUT2D eigenvalue weighted by Crippen LogP contribution is -2.55. The van der Waals surface area contributed by atoms with Gasteiger partial charge in [-0.2, -0.15) is 0 Å². The predicted octanol–water partition coefficient (Wildman–Crippen LogP) is 2.38. The largest absolute Gasteiger partial charge is 0.469 e. The Kier molecular flexibility index (Phi) is 5.76. The smallest absolute Gasteiger partial charge is 0.316 e. The van der Waals surface area contributed by atoms with Gasteiger partial charge in [0.2, 0.25) is 0 Å². The Bertz CT molecular complexity index is 715. The van der Waals surface area contributed by atoms with Crippen LogP contribution in [-0.4, -0.2) is 42.6 Å². The quantitative estimate of drug-likeness (QED) is 0.631. The van der Waals surface area contributed by atoms with Crippen LogP contribution in [0.4, 0.5) is 0 Å². The number of aliphatic hydroxyl groups is 1. The van der Waals surface area contributed by atoms with Crippen molar-refractivity contribution < 1.29 is 29.0 Å². The van der Waals surface area contributed by atoms with Gasteiger partial charge in [-0.25, -0.2) is 0 Å². The van der Waals surface area contributed by atoms with Gasteiger partial charge < -0.3 is 14.6 Å². The minimum absolute atomic E-state index is 0.198. The van der Waals surface area contributed by atoms with E-state index in [1.807, 2.05) is 0 Å². The van der Waals surface area contributed by atoms with E-state index in [0.29, 0.717) is 5.56 Å². The number of methoxy groups -OCH3 is 2. The second-order valence-electron chi connectivity index (χ2n) is 6.20. The average Bonchev–Trinajstić information content (AvgIpc) is 2.54. The summed E-state index contributed by atoms with van der Waals surface area (Å²) in [4.78, 5) is 37.2. The van der Waals surface area contributed by atoms with E-state index in [-0.39, 0.29) is 16.5 Å². The van der Waals surface area contributed by atoms with Crippen molar-refractivity contribution in [2.24, 2.45) is 11.8 Å². The fourth-order valence-electron chi connectivity index (χ4n) is 3.39. The summed E-state index contributed by atoms with van der Waals surface area (Å²) in [6.07, 6.45) is -0.371. The highest BCUT2D eigenvalue weighted by molar-refractivity contribution is 6.42. The standard InChI is InChI=1S/C17H18Cl2O6/c1-17(23)7-11(20)13(15(21)24-2)12(14(17)16(22)25-3)8-4-5-9(18)10(19)6-8/h4-6,12-14,23H,7H2,1-3H3/t12-,13-,14-,17-/m1/s1. The van der Waals surface area contributed by atoms with Crippen LogP contribution in [0.1, 0.15) is 24.8 Å². The summed E-state index contributed by atoms with van der Waals surface area (Å²) in [7, 11) is 2.33. The van der Waals surface area contributed by atoms with E-state index in [1.54, 1.807) is 6.07 Å². The Labute approximate surface area is 155 Å². The third-order valence-electron chi connectivity index (χ3n) is 4.51. The van der Waals surface area contributed by atoms with Crippen LogP contribution in [0.2, 0.25) is 10.0 Å². The molecule has 6 nitrogen and oxygen atoms in total. The van der Waals surface area contributed by atoms with Gasteiger partial charge in [-0.15, -0.1) is 0 Å². The van der Waals surface area contributed by atoms with Crippen molar-refractivity contribution in [1.82, 2.24) is 0 Å². The number of carbonyl (C=O) groups excluding carboxylic acids is 3. The number of esters is 2. The molecule has 0 amide bonds. The average molecular weight is 389 g/mol. The maximum Gasteiger partial charge on any atom is 0.316 e. The number of Topliss-reactive ketones (excluding diaryl/α,β-unsaturated/α-hetero) is 1. The SMILES string of the molecule is COC(=O)[C@@H]1C(=O)C[C@@](C)(O)[C@@H](C(=O)OC)[C@@H]1c1ccc(Cl)c(Cl)c1. The van der Waals surface area contributed by atoms with Gasteiger partial charge in [-0.05, 0) is 24.6 Å². The van der Waals surface area contributed by atoms with Crippen LogP contribution < -0.4 is 0 Å². The molecule has 0 aliphatic heterocycles. The van der Waals surface area contributed by atoms with Crippen LogP contribution in [0.15, 0.2) is 18.2 Å². The van der Waals surface area contributed by atoms with Crippen LogP contribution in [0.3, 0.4) is 0 Å². The monoisotopic (exact) mass is 388 g/mol. The third kappa shape index (κ3) is 3.66. The van der Waals surface area contributed by atoms with E-state index >= 15 is 0 Å². The number of rotatable bonds is 3. The van der Waals surface area contributed by atoms with Gasteiger partial charge in [0, 0.05) is 12.3 Å². The van der Waals surface area contributed by atoms with Crippen LogP contribution in [0.5, 0.6) is 0 Å². The first-order valence-electron chi connectivity index (χ1n) is 7.49. The van der Waals surface area contributed by atoms with Crippen molar-refractivity contribution in [2.45, 2.75) is 24.9 Å². The lowest BCUT2D eigenvalue weighted by molar-refractivity contribution is -0.170. The molecule has 1 fully saturated rings. The number of carbonyl (C=O) groups is 3. The van der Waals surface area contributed by atoms with Crippen LogP contribution in [0, 0.1) is 11.8 Å². The predicted molar refractivity (Wildman–Crippen MR) is 90.5 cm³/mol. The molecule has 1 aliphatic rings. The van der Waals surface area contributed by atoms with Gasteiger partial charge in [-0.1, -0.05) is 29.3 Å². The summed E-state index contributed by atoms with van der Waals surface area (Å²) >= 11 is 12.0. The van der Waals surface area contributed by atoms with Crippen LogP contribution >= 0.6 is 23.2 Å². The normalized spacial score (nSPS) is 29.2. The topological polar surface area (TPSA) is 89.9 Å². The van der Waals surface area contributed by atoms with E-state index < -0.39 is 41.1 Å². The maximum atomic E-state index is 12.5. The molecular formula is C17H18Cl2O6. The zero-order valence-corrected chi connectivity index (χ0v) is 15.4. The summed E-state index contributed by atoms with van der Waals surface area (Å²) in [5.41, 5.74) is -1.28. The Morgan fingerprint density at radius 1 is 1.16 bits per heavy atom. The molecule has 1 N–H and O–H groups in total. The molecule has 1 saturated carbocycles. The molecule has 0 radical (unpaired) electrons. The Balaban J connectivity index is 2.68. The summed E-state index contributed by atoms with van der Waals surface area (Å²) in [5.74, 6) is -5.45. The molecule has 0 aromatic heterocycles. The molecule has 1 aromatic carbocycles. The molecule has 8 heteroatoms. The lowest BCUT2D eigenvalue weighted by Gasteiger charge is -2.43. The third-order valence-corrected chi connectivity index (χ3v) is 5.25. The second-order valence-corrected chi connectivity index (χ2v) is 7.02. The minimum atomic E-state index is -1.69. The zero-order chi connectivity index (χ0) is 18.9. The minimum Gasteiger partial charge on any atom is -0.469 e. The van der Waals surface area contributed by atoms with Gasteiger partial charge >= 0.3 is 11.9 Å². The first-order chi connectivity index (χ1) is 11.6. The van der Waals surface area contributed by atoms with E-state index in [0.717, 1.165) is 7.11 Å². The van der Waals surface area contributed by atoms with Crippen LogP contribution in [-0.2, 0) is 23.9 Å². The highest BCUT2D eigenvalue weighted by Gasteiger charge is 2.56. The van der Waals surface area contributed by atoms with Crippen molar-refractivity contribution in [3.05, 3.63) is 33.8 Å². The number of hydrogen-bond acceptors (Lipinski definition) is 6. The van der Waals surface area contributed by atoms with E-state index in [2.05, 4.69) is 0 Å². The number of halogens is 2. The summed E-state index contributed by atoms with van der Waals surface area (Å²) in [6, 6.07) is 4.52. The summed E-state index contributed by atoms with van der Waals surface area (Å²) in [5, 5.41) is 11.2. The molecule has 0 unspecified atom stereocenters. The molecule has 0 bridgehead atoms. The van der Waals surface area contributed by atoms with Gasteiger partial charge in [0.05, 0.1) is 35.8 Å². The number of benzene rings is 1. The van der Waals surface area contributed by atoms with Gasteiger partial charge in [-0.3, -0.25) is 14.4 Å². The molecule has 1 aliphatic carbocycles. The molecule has 25 heavy (non-hydrogen) atoms. The van der Waals surface area contributed by atoms with E-state index in [9.17, 15) is 19.5 Å². The van der Waals surface area contributed by atoms with Crippen LogP contribution in [0.25, 0.3) is 0 Å². The lowest BCUT2D eigenvalue weighted by atomic mass is 9.62. The zero-order valence-electron chi connectivity index (χ0n) is 13.9. The van der Waals surface area contributed by atoms with Gasteiger partial charge in [0.1, 0.15) is 5.92 Å². The molecule has 0 heterocycles. The van der Waals surface area contributed by atoms with Gasteiger partial charge in [0.25, 0.3) is 0 Å². The van der Waals surface area contributed by atoms with Crippen molar-refractivity contribution in [3.8, 4) is 0 Å². The number of ether oxygens (including phenoxy) is 2. The van der Waals surface area contributed by atoms with Crippen molar-refractivity contribution in [2.75, 3.05) is 14.2 Å². The fraction of sp³-hybridized carbons (Fsp3) is 0.471. The Hall–Kier alpha value is -1.63. The highest BCUT2D eigenvalue weighted by Crippen LogP contribution is 2.47. The molecule has 1 aromatic rings.